The lowest BCUT2D eigenvalue weighted by Gasteiger charge is -2.18. The van der Waals surface area contributed by atoms with E-state index in [2.05, 4.69) is 6.92 Å². The number of ketones is 1. The number of halogens is 3. The molecule has 0 aliphatic carbocycles. The maximum absolute atomic E-state index is 13.1. The highest BCUT2D eigenvalue weighted by Gasteiger charge is 2.30. The van der Waals surface area contributed by atoms with E-state index in [0.29, 0.717) is 17.5 Å². The monoisotopic (exact) mass is 542 g/mol. The van der Waals surface area contributed by atoms with Crippen LogP contribution in [-0.4, -0.2) is 16.9 Å². The van der Waals surface area contributed by atoms with Crippen molar-refractivity contribution in [2.45, 2.75) is 74.6 Å². The number of alkyl halides is 3. The second-order valence-corrected chi connectivity index (χ2v) is 10.6. The Bertz CT molecular complexity index is 1190. The van der Waals surface area contributed by atoms with E-state index in [1.165, 1.54) is 18.6 Å². The van der Waals surface area contributed by atoms with Crippen LogP contribution >= 0.6 is 11.8 Å². The van der Waals surface area contributed by atoms with Gasteiger partial charge in [-0.05, 0) is 53.8 Å². The van der Waals surface area contributed by atoms with Gasteiger partial charge in [0.25, 0.3) is 0 Å². The Morgan fingerprint density at radius 2 is 1.55 bits per heavy atom. The number of benzene rings is 3. The Morgan fingerprint density at radius 1 is 0.842 bits per heavy atom. The minimum absolute atomic E-state index is 0.0210. The molecule has 3 aromatic carbocycles. The van der Waals surface area contributed by atoms with Crippen LogP contribution in [0, 0.1) is 0 Å². The predicted octanol–water partition coefficient (Wildman–Crippen LogP) is 9.61. The quantitative estimate of drug-likeness (QED) is 0.125. The van der Waals surface area contributed by atoms with Gasteiger partial charge < -0.3 is 5.11 Å². The lowest BCUT2D eigenvalue weighted by molar-refractivity contribution is -0.138. The van der Waals surface area contributed by atoms with Gasteiger partial charge in [0.2, 0.25) is 0 Å². The number of thioether (sulfide) groups is 1. The van der Waals surface area contributed by atoms with Gasteiger partial charge in [0.05, 0.1) is 5.56 Å². The molecule has 0 aliphatic rings. The van der Waals surface area contributed by atoms with Gasteiger partial charge in [-0.3, -0.25) is 9.59 Å². The summed E-state index contributed by atoms with van der Waals surface area (Å²) >= 11 is 1.71. The zero-order valence-corrected chi connectivity index (χ0v) is 22.3. The molecule has 7 heteroatoms. The maximum Gasteiger partial charge on any atom is 0.416 e. The van der Waals surface area contributed by atoms with Crippen LogP contribution in [0.2, 0.25) is 0 Å². The van der Waals surface area contributed by atoms with E-state index in [9.17, 15) is 22.8 Å². The summed E-state index contributed by atoms with van der Waals surface area (Å²) in [6.07, 6.45) is 1.63. The van der Waals surface area contributed by atoms with Crippen LogP contribution in [0.5, 0.6) is 0 Å². The summed E-state index contributed by atoms with van der Waals surface area (Å²) in [5.41, 5.74) is 2.28. The van der Waals surface area contributed by atoms with Crippen LogP contribution in [0.25, 0.3) is 11.1 Å². The van der Waals surface area contributed by atoms with Gasteiger partial charge in [0.1, 0.15) is 0 Å². The van der Waals surface area contributed by atoms with E-state index in [-0.39, 0.29) is 23.9 Å². The molecule has 0 spiro atoms. The lowest BCUT2D eigenvalue weighted by atomic mass is 10.0. The Balaban J connectivity index is 1.72. The number of carbonyl (C=O) groups excluding carboxylic acids is 1. The van der Waals surface area contributed by atoms with Crippen LogP contribution in [0.3, 0.4) is 0 Å². The average Bonchev–Trinajstić information content (AvgIpc) is 2.90. The third-order valence-corrected chi connectivity index (χ3v) is 7.71. The van der Waals surface area contributed by atoms with E-state index in [0.717, 1.165) is 47.8 Å². The standard InChI is InChI=1S/C31H33F3O3S/c1-2-3-4-5-11-29(24-15-13-23(14-16-24)28(35)10-7-12-30(36)37)38-27-19-17-22(18-20-27)25-8-6-9-26(21-25)31(32,33)34/h6,8-9,13-21,29H,2-5,7,10-12H2,1H3,(H,36,37). The largest absolute Gasteiger partial charge is 0.481 e. The molecular formula is C31H33F3O3S. The fraction of sp³-hybridized carbons (Fsp3) is 0.355. The van der Waals surface area contributed by atoms with Crippen LogP contribution < -0.4 is 0 Å². The van der Waals surface area contributed by atoms with Gasteiger partial charge in [0, 0.05) is 28.6 Å². The molecular weight excluding hydrogens is 509 g/mol. The second kappa shape index (κ2) is 14.2. The maximum atomic E-state index is 13.1. The summed E-state index contributed by atoms with van der Waals surface area (Å²) in [7, 11) is 0. The van der Waals surface area contributed by atoms with Crippen molar-refractivity contribution < 1.29 is 27.9 Å². The number of carboxylic acids is 1. The summed E-state index contributed by atoms with van der Waals surface area (Å²) in [5.74, 6) is -0.964. The fourth-order valence-electron chi connectivity index (χ4n) is 4.24. The Morgan fingerprint density at radius 3 is 2.18 bits per heavy atom. The van der Waals surface area contributed by atoms with E-state index < -0.39 is 17.7 Å². The minimum atomic E-state index is -4.38. The van der Waals surface area contributed by atoms with Crippen molar-refractivity contribution in [3.8, 4) is 11.1 Å². The Labute approximate surface area is 226 Å². The van der Waals surface area contributed by atoms with Crippen molar-refractivity contribution in [3.05, 3.63) is 89.5 Å². The number of carbonyl (C=O) groups is 2. The molecule has 3 aromatic rings. The van der Waals surface area contributed by atoms with Crippen molar-refractivity contribution in [3.63, 3.8) is 0 Å². The molecule has 202 valence electrons. The highest BCUT2D eigenvalue weighted by atomic mass is 32.2. The van der Waals surface area contributed by atoms with Crippen molar-refractivity contribution in [2.24, 2.45) is 0 Å². The first-order chi connectivity index (χ1) is 18.2. The summed E-state index contributed by atoms with van der Waals surface area (Å²) in [5, 5.41) is 8.95. The van der Waals surface area contributed by atoms with Gasteiger partial charge in [-0.25, -0.2) is 0 Å². The topological polar surface area (TPSA) is 54.4 Å². The SMILES string of the molecule is CCCCCCC(Sc1ccc(-c2cccc(C(F)(F)F)c2)cc1)c1ccc(C(=O)CCCC(=O)O)cc1. The number of hydrogen-bond donors (Lipinski definition) is 1. The molecule has 0 bridgehead atoms. The normalized spacial score (nSPS) is 12.3. The summed E-state index contributed by atoms with van der Waals surface area (Å²) in [6.45, 7) is 2.17. The highest BCUT2D eigenvalue weighted by molar-refractivity contribution is 7.99. The van der Waals surface area contributed by atoms with Crippen LogP contribution in [0.4, 0.5) is 13.2 Å². The molecule has 0 heterocycles. The van der Waals surface area contributed by atoms with E-state index in [1.54, 1.807) is 17.8 Å². The number of unbranched alkanes of at least 4 members (excludes halogenated alkanes) is 3. The molecule has 0 fully saturated rings. The van der Waals surface area contributed by atoms with Crippen LogP contribution in [-0.2, 0) is 11.0 Å². The smallest absolute Gasteiger partial charge is 0.416 e. The number of carboxylic acid groups (broad SMARTS) is 1. The molecule has 0 aromatic heterocycles. The molecule has 0 saturated carbocycles. The first kappa shape index (κ1) is 29.5. The first-order valence-corrected chi connectivity index (χ1v) is 13.8. The molecule has 38 heavy (non-hydrogen) atoms. The summed E-state index contributed by atoms with van der Waals surface area (Å²) in [4.78, 5) is 24.1. The third kappa shape index (κ3) is 9.05. The van der Waals surface area contributed by atoms with E-state index in [4.69, 9.17) is 5.11 Å². The van der Waals surface area contributed by atoms with Gasteiger partial charge in [0.15, 0.2) is 5.78 Å². The molecule has 0 amide bonds. The number of rotatable bonds is 14. The van der Waals surface area contributed by atoms with Gasteiger partial charge in [-0.15, -0.1) is 11.8 Å². The van der Waals surface area contributed by atoms with Gasteiger partial charge in [-0.2, -0.15) is 13.2 Å². The van der Waals surface area contributed by atoms with Crippen molar-refractivity contribution >= 4 is 23.5 Å². The highest BCUT2D eigenvalue weighted by Crippen LogP contribution is 2.40. The van der Waals surface area contributed by atoms with Crippen molar-refractivity contribution in [1.82, 2.24) is 0 Å². The molecule has 0 radical (unpaired) electrons. The fourth-order valence-corrected chi connectivity index (χ4v) is 5.44. The van der Waals surface area contributed by atoms with Gasteiger partial charge >= 0.3 is 12.1 Å². The summed E-state index contributed by atoms with van der Waals surface area (Å²) < 4.78 is 39.3. The minimum Gasteiger partial charge on any atom is -0.481 e. The number of aliphatic carboxylic acids is 1. The molecule has 3 rings (SSSR count). The lowest BCUT2D eigenvalue weighted by Crippen LogP contribution is -2.04. The zero-order chi connectivity index (χ0) is 27.5. The first-order valence-electron chi connectivity index (χ1n) is 13.0. The second-order valence-electron chi connectivity index (χ2n) is 9.35. The van der Waals surface area contributed by atoms with Gasteiger partial charge in [-0.1, -0.05) is 81.1 Å². The Kier molecular flexibility index (Phi) is 11.0. The average molecular weight is 543 g/mol. The number of hydrogen-bond acceptors (Lipinski definition) is 3. The zero-order valence-electron chi connectivity index (χ0n) is 21.5. The van der Waals surface area contributed by atoms with E-state index in [1.807, 2.05) is 48.5 Å². The molecule has 1 atom stereocenters. The predicted molar refractivity (Wildman–Crippen MR) is 146 cm³/mol. The number of Topliss-reactive ketones (excluding diaryl/α,β-unsaturated/α-hetero) is 1. The molecule has 0 aliphatic heterocycles. The molecule has 1 N–H and O–H groups in total. The Hall–Kier alpha value is -3.06. The molecule has 3 nitrogen and oxygen atoms in total. The third-order valence-electron chi connectivity index (χ3n) is 6.37. The summed E-state index contributed by atoms with van der Waals surface area (Å²) in [6, 6.07) is 20.5. The van der Waals surface area contributed by atoms with Crippen molar-refractivity contribution in [2.75, 3.05) is 0 Å². The molecule has 0 saturated heterocycles. The van der Waals surface area contributed by atoms with Crippen LogP contribution in [0.1, 0.15) is 85.0 Å². The van der Waals surface area contributed by atoms with Crippen LogP contribution in [0.15, 0.2) is 77.7 Å². The van der Waals surface area contributed by atoms with E-state index >= 15 is 0 Å². The molecule has 1 unspecified atom stereocenters. The van der Waals surface area contributed by atoms with Crippen molar-refractivity contribution in [1.29, 1.82) is 0 Å².